The van der Waals surface area contributed by atoms with Crippen molar-refractivity contribution in [2.75, 3.05) is 0 Å². The Morgan fingerprint density at radius 1 is 1.00 bits per heavy atom. The van der Waals surface area contributed by atoms with Crippen molar-refractivity contribution >= 4 is 11.6 Å². The minimum absolute atomic E-state index is 0.314. The number of hydrogen-bond donors (Lipinski definition) is 0. The van der Waals surface area contributed by atoms with Crippen molar-refractivity contribution in [3.05, 3.63) is 34.3 Å². The summed E-state index contributed by atoms with van der Waals surface area (Å²) in [7, 11) is 0. The summed E-state index contributed by atoms with van der Waals surface area (Å²) in [5.41, 5.74) is 3.95. The summed E-state index contributed by atoms with van der Waals surface area (Å²) >= 11 is 6.12. The molecule has 1 saturated carbocycles. The molecule has 1 spiro atoms. The molecule has 0 aliphatic heterocycles. The summed E-state index contributed by atoms with van der Waals surface area (Å²) < 4.78 is 0. The van der Waals surface area contributed by atoms with Crippen molar-refractivity contribution in [1.82, 2.24) is 0 Å². The van der Waals surface area contributed by atoms with Crippen LogP contribution in [-0.2, 0) is 10.8 Å². The Labute approximate surface area is 96.6 Å². The van der Waals surface area contributed by atoms with E-state index in [4.69, 9.17) is 11.6 Å². The molecule has 0 N–H and O–H groups in total. The van der Waals surface area contributed by atoms with Crippen LogP contribution in [0, 0.1) is 0 Å². The monoisotopic (exact) mass is 220 g/mol. The van der Waals surface area contributed by atoms with Crippen molar-refractivity contribution in [2.45, 2.75) is 50.4 Å². The van der Waals surface area contributed by atoms with Gasteiger partial charge in [0.1, 0.15) is 0 Å². The molecule has 3 rings (SSSR count). The fourth-order valence-corrected chi connectivity index (χ4v) is 3.20. The Kier molecular flexibility index (Phi) is 1.81. The van der Waals surface area contributed by atoms with Gasteiger partial charge in [-0.3, -0.25) is 0 Å². The van der Waals surface area contributed by atoms with Gasteiger partial charge in [-0.05, 0) is 59.8 Å². The Hall–Kier alpha value is -0.490. The Morgan fingerprint density at radius 2 is 1.67 bits per heavy atom. The zero-order valence-electron chi connectivity index (χ0n) is 9.44. The second-order valence-corrected chi connectivity index (χ2v) is 6.29. The molecule has 2 aliphatic rings. The third kappa shape index (κ3) is 1.34. The zero-order valence-corrected chi connectivity index (χ0v) is 10.2. The molecule has 2 aliphatic carbocycles. The highest BCUT2D eigenvalue weighted by Gasteiger charge is 2.50. The highest BCUT2D eigenvalue weighted by Crippen LogP contribution is 2.59. The summed E-state index contributed by atoms with van der Waals surface area (Å²) in [6.45, 7) is 4.69. The number of fused-ring (bicyclic) bond motifs is 2. The Balaban J connectivity index is 2.21. The lowest BCUT2D eigenvalue weighted by Gasteiger charge is -2.37. The molecule has 0 bridgehead atoms. The van der Waals surface area contributed by atoms with Gasteiger partial charge < -0.3 is 0 Å². The van der Waals surface area contributed by atoms with Crippen LogP contribution in [0.5, 0.6) is 0 Å². The first kappa shape index (κ1) is 9.72. The molecule has 0 amide bonds. The lowest BCUT2D eigenvalue weighted by Crippen LogP contribution is -2.29. The molecule has 1 aromatic rings. The summed E-state index contributed by atoms with van der Waals surface area (Å²) in [6.07, 6.45) is 5.45. The van der Waals surface area contributed by atoms with Gasteiger partial charge in [0.15, 0.2) is 0 Å². The van der Waals surface area contributed by atoms with Crippen LogP contribution in [0.1, 0.15) is 50.7 Å². The maximum atomic E-state index is 6.12. The van der Waals surface area contributed by atoms with Crippen LogP contribution in [0.2, 0.25) is 5.02 Å². The van der Waals surface area contributed by atoms with Crippen LogP contribution in [-0.4, -0.2) is 0 Å². The van der Waals surface area contributed by atoms with Crippen molar-refractivity contribution in [1.29, 1.82) is 0 Å². The molecule has 1 aromatic carbocycles. The number of rotatable bonds is 0. The van der Waals surface area contributed by atoms with Crippen LogP contribution in [0.3, 0.4) is 0 Å². The quantitative estimate of drug-likeness (QED) is 0.606. The van der Waals surface area contributed by atoms with Crippen LogP contribution in [0.15, 0.2) is 18.2 Å². The molecule has 0 saturated heterocycles. The first-order chi connectivity index (χ1) is 7.04. The molecule has 1 heteroatoms. The van der Waals surface area contributed by atoms with E-state index in [9.17, 15) is 0 Å². The van der Waals surface area contributed by atoms with Gasteiger partial charge in [0, 0.05) is 5.02 Å². The van der Waals surface area contributed by atoms with Gasteiger partial charge in [-0.1, -0.05) is 31.5 Å². The largest absolute Gasteiger partial charge is 0.0843 e. The van der Waals surface area contributed by atoms with Crippen molar-refractivity contribution in [3.8, 4) is 0 Å². The minimum atomic E-state index is 0.314. The number of halogens is 1. The maximum absolute atomic E-state index is 6.12. The van der Waals surface area contributed by atoms with Crippen molar-refractivity contribution < 1.29 is 0 Å². The normalized spacial score (nSPS) is 25.0. The summed E-state index contributed by atoms with van der Waals surface area (Å²) in [5.74, 6) is 0. The summed E-state index contributed by atoms with van der Waals surface area (Å²) in [5, 5.41) is 0.888. The third-order valence-electron chi connectivity index (χ3n) is 4.36. The smallest absolute Gasteiger partial charge is 0.0409 e. The molecule has 0 aromatic heterocycles. The maximum Gasteiger partial charge on any atom is 0.0409 e. The highest BCUT2D eigenvalue weighted by molar-refractivity contribution is 6.30. The number of benzene rings is 1. The summed E-state index contributed by atoms with van der Waals surface area (Å²) in [4.78, 5) is 0. The van der Waals surface area contributed by atoms with E-state index >= 15 is 0 Å². The van der Waals surface area contributed by atoms with Gasteiger partial charge in [-0.25, -0.2) is 0 Å². The molecule has 0 radical (unpaired) electrons. The molecule has 80 valence electrons. The predicted molar refractivity (Wildman–Crippen MR) is 64.6 cm³/mol. The first-order valence-electron chi connectivity index (χ1n) is 5.84. The topological polar surface area (TPSA) is 0 Å². The minimum Gasteiger partial charge on any atom is -0.0843 e. The van der Waals surface area contributed by atoms with Crippen molar-refractivity contribution in [2.24, 2.45) is 0 Å². The van der Waals surface area contributed by atoms with Gasteiger partial charge >= 0.3 is 0 Å². The first-order valence-corrected chi connectivity index (χ1v) is 6.22. The molecule has 0 unspecified atom stereocenters. The molecular weight excluding hydrogens is 204 g/mol. The van der Waals surface area contributed by atoms with E-state index < -0.39 is 0 Å². The fourth-order valence-electron chi connectivity index (χ4n) is 3.03. The van der Waals surface area contributed by atoms with E-state index in [0.29, 0.717) is 10.8 Å². The predicted octanol–water partition coefficient (Wildman–Crippen LogP) is 4.44. The molecule has 15 heavy (non-hydrogen) atoms. The van der Waals surface area contributed by atoms with Crippen LogP contribution < -0.4 is 0 Å². The fraction of sp³-hybridized carbons (Fsp3) is 0.571. The molecule has 0 nitrogen and oxygen atoms in total. The van der Waals surface area contributed by atoms with Gasteiger partial charge in [0.05, 0.1) is 0 Å². The van der Waals surface area contributed by atoms with Gasteiger partial charge in [-0.15, -0.1) is 0 Å². The van der Waals surface area contributed by atoms with Gasteiger partial charge in [0.25, 0.3) is 0 Å². The Bertz CT molecular complexity index is 413. The number of hydrogen-bond acceptors (Lipinski definition) is 0. The molecular formula is C14H17Cl. The third-order valence-corrected chi connectivity index (χ3v) is 4.60. The Morgan fingerprint density at radius 3 is 2.33 bits per heavy atom. The average Bonchev–Trinajstić information content (AvgIpc) is 2.94. The second-order valence-electron chi connectivity index (χ2n) is 5.85. The molecule has 0 heterocycles. The standard InChI is InChI=1S/C14H17Cl/c1-13(2)5-6-14(7-8-14)11-4-3-10(15)9-12(11)13/h3-4,9H,5-8H2,1-2H3. The van der Waals surface area contributed by atoms with E-state index in [0.717, 1.165) is 5.02 Å². The SMILES string of the molecule is CC1(C)CCC2(CC2)c2ccc(Cl)cc21. The van der Waals surface area contributed by atoms with E-state index in [1.165, 1.54) is 31.2 Å². The van der Waals surface area contributed by atoms with Gasteiger partial charge in [0.2, 0.25) is 0 Å². The van der Waals surface area contributed by atoms with E-state index in [2.05, 4.69) is 32.0 Å². The zero-order chi connectivity index (χ0) is 10.7. The second kappa shape index (κ2) is 2.79. The van der Waals surface area contributed by atoms with Crippen molar-refractivity contribution in [3.63, 3.8) is 0 Å². The lowest BCUT2D eigenvalue weighted by molar-refractivity contribution is 0.382. The average molecular weight is 221 g/mol. The molecule has 0 atom stereocenters. The van der Waals surface area contributed by atoms with E-state index in [1.54, 1.807) is 5.56 Å². The van der Waals surface area contributed by atoms with Crippen LogP contribution >= 0.6 is 11.6 Å². The van der Waals surface area contributed by atoms with E-state index in [1.807, 2.05) is 0 Å². The van der Waals surface area contributed by atoms with Gasteiger partial charge in [-0.2, -0.15) is 0 Å². The highest BCUT2D eigenvalue weighted by atomic mass is 35.5. The van der Waals surface area contributed by atoms with Crippen LogP contribution in [0.4, 0.5) is 0 Å². The lowest BCUT2D eigenvalue weighted by atomic mass is 9.67. The molecule has 1 fully saturated rings. The van der Waals surface area contributed by atoms with Crippen LogP contribution in [0.25, 0.3) is 0 Å². The summed E-state index contributed by atoms with van der Waals surface area (Å²) in [6, 6.07) is 6.52. The van der Waals surface area contributed by atoms with E-state index in [-0.39, 0.29) is 0 Å².